The van der Waals surface area contributed by atoms with Gasteiger partial charge in [0.25, 0.3) is 0 Å². The summed E-state index contributed by atoms with van der Waals surface area (Å²) in [5, 5.41) is 3.62. The van der Waals surface area contributed by atoms with Crippen molar-refractivity contribution in [1.82, 2.24) is 10.2 Å². The number of nitrogens with one attached hydrogen (secondary N) is 1. The molecule has 2 aromatic rings. The zero-order valence-electron chi connectivity index (χ0n) is 15.8. The molecule has 0 heterocycles. The van der Waals surface area contributed by atoms with Gasteiger partial charge in [0.05, 0.1) is 6.42 Å². The molecule has 28 heavy (non-hydrogen) atoms. The number of carbonyl (C=O) groups is 2. The summed E-state index contributed by atoms with van der Waals surface area (Å²) >= 11 is 12.1. The van der Waals surface area contributed by atoms with Crippen LogP contribution in [0, 0.1) is 5.82 Å². The van der Waals surface area contributed by atoms with Gasteiger partial charge in [-0.3, -0.25) is 9.59 Å². The zero-order valence-corrected chi connectivity index (χ0v) is 17.4. The maximum atomic E-state index is 14.1. The van der Waals surface area contributed by atoms with Gasteiger partial charge in [0, 0.05) is 28.7 Å². The van der Waals surface area contributed by atoms with Crippen LogP contribution in [0.1, 0.15) is 31.4 Å². The van der Waals surface area contributed by atoms with E-state index in [4.69, 9.17) is 23.2 Å². The van der Waals surface area contributed by atoms with Crippen LogP contribution in [0.3, 0.4) is 0 Å². The molecular formula is C21H23Cl2FN2O2. The van der Waals surface area contributed by atoms with Crippen molar-refractivity contribution < 1.29 is 14.0 Å². The first kappa shape index (κ1) is 22.2. The van der Waals surface area contributed by atoms with Gasteiger partial charge in [-0.1, -0.05) is 54.4 Å². The molecule has 7 heteroatoms. The fraction of sp³-hybridized carbons (Fsp3) is 0.333. The molecule has 0 radical (unpaired) electrons. The molecule has 0 saturated heterocycles. The molecule has 0 bridgehead atoms. The van der Waals surface area contributed by atoms with Crippen molar-refractivity contribution in [3.8, 4) is 0 Å². The summed E-state index contributed by atoms with van der Waals surface area (Å²) in [6, 6.07) is 10.3. The van der Waals surface area contributed by atoms with Gasteiger partial charge >= 0.3 is 0 Å². The lowest BCUT2D eigenvalue weighted by Gasteiger charge is -2.29. The van der Waals surface area contributed by atoms with Crippen LogP contribution in [0.15, 0.2) is 42.5 Å². The van der Waals surface area contributed by atoms with Crippen LogP contribution >= 0.6 is 23.2 Å². The van der Waals surface area contributed by atoms with Crippen LogP contribution in [-0.2, 0) is 22.6 Å². The molecule has 0 aliphatic rings. The molecule has 0 aliphatic carbocycles. The van der Waals surface area contributed by atoms with Crippen molar-refractivity contribution in [1.29, 1.82) is 0 Å². The van der Waals surface area contributed by atoms with Crippen LogP contribution in [-0.4, -0.2) is 29.3 Å². The second-order valence-corrected chi connectivity index (χ2v) is 7.34. The van der Waals surface area contributed by atoms with Crippen molar-refractivity contribution in [2.75, 3.05) is 6.54 Å². The van der Waals surface area contributed by atoms with Gasteiger partial charge in [0.1, 0.15) is 11.9 Å². The quantitative estimate of drug-likeness (QED) is 0.671. The minimum absolute atomic E-state index is 0.0164. The number of hydrogen-bond donors (Lipinski definition) is 1. The average Bonchev–Trinajstić information content (AvgIpc) is 2.67. The maximum absolute atomic E-state index is 14.1. The van der Waals surface area contributed by atoms with E-state index in [0.29, 0.717) is 27.7 Å². The molecule has 2 rings (SSSR count). The van der Waals surface area contributed by atoms with Gasteiger partial charge in [-0.05, 0) is 37.1 Å². The van der Waals surface area contributed by atoms with Crippen molar-refractivity contribution in [2.24, 2.45) is 0 Å². The molecule has 4 nitrogen and oxygen atoms in total. The number of hydrogen-bond acceptors (Lipinski definition) is 2. The number of amides is 2. The molecule has 2 aromatic carbocycles. The molecule has 0 fully saturated rings. The van der Waals surface area contributed by atoms with E-state index in [1.165, 1.54) is 11.0 Å². The highest BCUT2D eigenvalue weighted by atomic mass is 35.5. The minimum atomic E-state index is -0.760. The smallest absolute Gasteiger partial charge is 0.242 e. The van der Waals surface area contributed by atoms with E-state index in [1.54, 1.807) is 43.3 Å². The van der Waals surface area contributed by atoms with E-state index in [2.05, 4.69) is 5.32 Å². The first-order valence-corrected chi connectivity index (χ1v) is 9.83. The van der Waals surface area contributed by atoms with Gasteiger partial charge < -0.3 is 10.2 Å². The van der Waals surface area contributed by atoms with E-state index in [0.717, 1.165) is 6.42 Å². The highest BCUT2D eigenvalue weighted by Crippen LogP contribution is 2.23. The molecule has 1 N–H and O–H groups in total. The summed E-state index contributed by atoms with van der Waals surface area (Å²) in [6.45, 7) is 4.06. The predicted molar refractivity (Wildman–Crippen MR) is 110 cm³/mol. The van der Waals surface area contributed by atoms with Crippen LogP contribution in [0.5, 0.6) is 0 Å². The Labute approximate surface area is 174 Å². The highest BCUT2D eigenvalue weighted by molar-refractivity contribution is 6.35. The van der Waals surface area contributed by atoms with Gasteiger partial charge in [-0.25, -0.2) is 4.39 Å². The zero-order chi connectivity index (χ0) is 20.7. The Balaban J connectivity index is 2.26. The van der Waals surface area contributed by atoms with Crippen LogP contribution in [0.4, 0.5) is 4.39 Å². The lowest BCUT2D eigenvalue weighted by atomic mass is 10.1. The molecule has 0 aromatic heterocycles. The molecule has 1 atom stereocenters. The molecule has 1 unspecified atom stereocenters. The van der Waals surface area contributed by atoms with E-state index in [1.807, 2.05) is 6.92 Å². The SMILES string of the molecule is CCCNC(=O)C(C)N(Cc1ccccc1F)C(=O)Cc1ccc(Cl)cc1Cl. The Kier molecular flexibility index (Phi) is 8.27. The van der Waals surface area contributed by atoms with Crippen molar-refractivity contribution in [2.45, 2.75) is 39.3 Å². The summed E-state index contributed by atoms with van der Waals surface area (Å²) in [5.74, 6) is -1.04. The predicted octanol–water partition coefficient (Wildman–Crippen LogP) is 4.62. The Morgan fingerprint density at radius 2 is 1.86 bits per heavy atom. The second-order valence-electron chi connectivity index (χ2n) is 6.49. The molecule has 2 amide bonds. The normalized spacial score (nSPS) is 11.8. The Hall–Kier alpha value is -2.11. The molecule has 150 valence electrons. The topological polar surface area (TPSA) is 49.4 Å². The van der Waals surface area contributed by atoms with Crippen molar-refractivity contribution >= 4 is 35.0 Å². The summed E-state index contributed by atoms with van der Waals surface area (Å²) in [7, 11) is 0. The minimum Gasteiger partial charge on any atom is -0.354 e. The third-order valence-corrected chi connectivity index (χ3v) is 4.96. The van der Waals surface area contributed by atoms with E-state index >= 15 is 0 Å². The van der Waals surface area contributed by atoms with E-state index in [-0.39, 0.29) is 24.8 Å². The number of halogens is 3. The Bertz CT molecular complexity index is 845. The van der Waals surface area contributed by atoms with Crippen molar-refractivity contribution in [3.63, 3.8) is 0 Å². The number of benzene rings is 2. The fourth-order valence-corrected chi connectivity index (χ4v) is 3.19. The third-order valence-electron chi connectivity index (χ3n) is 4.37. The summed E-state index contributed by atoms with van der Waals surface area (Å²) in [4.78, 5) is 26.8. The fourth-order valence-electron chi connectivity index (χ4n) is 2.72. The van der Waals surface area contributed by atoms with Crippen LogP contribution in [0.25, 0.3) is 0 Å². The van der Waals surface area contributed by atoms with Gasteiger partial charge in [-0.15, -0.1) is 0 Å². The van der Waals surface area contributed by atoms with E-state index in [9.17, 15) is 14.0 Å². The Morgan fingerprint density at radius 3 is 2.50 bits per heavy atom. The van der Waals surface area contributed by atoms with Gasteiger partial charge in [-0.2, -0.15) is 0 Å². The van der Waals surface area contributed by atoms with Crippen LogP contribution in [0.2, 0.25) is 10.0 Å². The number of rotatable bonds is 8. The van der Waals surface area contributed by atoms with E-state index < -0.39 is 11.9 Å². The monoisotopic (exact) mass is 424 g/mol. The van der Waals surface area contributed by atoms with Crippen molar-refractivity contribution in [3.05, 3.63) is 69.5 Å². The Morgan fingerprint density at radius 1 is 1.14 bits per heavy atom. The lowest BCUT2D eigenvalue weighted by molar-refractivity contribution is -0.140. The summed E-state index contributed by atoms with van der Waals surface area (Å²) in [6.07, 6.45) is 0.760. The first-order valence-electron chi connectivity index (χ1n) is 9.08. The summed E-state index contributed by atoms with van der Waals surface area (Å²) < 4.78 is 14.1. The largest absolute Gasteiger partial charge is 0.354 e. The van der Waals surface area contributed by atoms with Gasteiger partial charge in [0.15, 0.2) is 0 Å². The van der Waals surface area contributed by atoms with Crippen LogP contribution < -0.4 is 5.32 Å². The summed E-state index contributed by atoms with van der Waals surface area (Å²) in [5.41, 5.74) is 0.934. The molecule has 0 spiro atoms. The standard InChI is InChI=1S/C21H23Cl2FN2O2/c1-3-10-25-21(28)14(2)26(13-16-6-4-5-7-19(16)24)20(27)11-15-8-9-17(22)12-18(15)23/h4-9,12,14H,3,10-11,13H2,1-2H3,(H,25,28). The number of nitrogens with zero attached hydrogens (tertiary/aromatic N) is 1. The number of carbonyl (C=O) groups excluding carboxylic acids is 2. The average molecular weight is 425 g/mol. The third kappa shape index (κ3) is 5.94. The molecule has 0 saturated carbocycles. The molecular weight excluding hydrogens is 402 g/mol. The highest BCUT2D eigenvalue weighted by Gasteiger charge is 2.27. The first-order chi connectivity index (χ1) is 13.3. The second kappa shape index (κ2) is 10.4. The lowest BCUT2D eigenvalue weighted by Crippen LogP contribution is -2.48. The van der Waals surface area contributed by atoms with Gasteiger partial charge in [0.2, 0.25) is 11.8 Å². The molecule has 0 aliphatic heterocycles. The maximum Gasteiger partial charge on any atom is 0.242 e.